The highest BCUT2D eigenvalue weighted by Gasteiger charge is 2.25. The minimum absolute atomic E-state index is 0.762. The molecular formula is C22H36N2O. The quantitative estimate of drug-likeness (QED) is 0.749. The van der Waals surface area contributed by atoms with E-state index in [1.807, 2.05) is 0 Å². The lowest BCUT2D eigenvalue weighted by Gasteiger charge is -2.39. The van der Waals surface area contributed by atoms with Crippen molar-refractivity contribution in [2.24, 2.45) is 5.92 Å². The number of nitrogens with zero attached hydrogens (tertiary/aromatic N) is 2. The highest BCUT2D eigenvalue weighted by molar-refractivity contribution is 5.25. The van der Waals surface area contributed by atoms with Gasteiger partial charge in [-0.05, 0) is 75.7 Å². The third-order valence-corrected chi connectivity index (χ3v) is 6.27. The number of likely N-dealkylation sites (tertiary alicyclic amines) is 1. The van der Waals surface area contributed by atoms with Gasteiger partial charge in [0.05, 0.1) is 0 Å². The Morgan fingerprint density at radius 1 is 1.08 bits per heavy atom. The van der Waals surface area contributed by atoms with Gasteiger partial charge in [-0.2, -0.15) is 0 Å². The molecule has 2 aliphatic rings. The summed E-state index contributed by atoms with van der Waals surface area (Å²) < 4.78 is 5.54. The van der Waals surface area contributed by atoms with Crippen LogP contribution in [0, 0.1) is 12.8 Å². The summed E-state index contributed by atoms with van der Waals surface area (Å²) in [5.41, 5.74) is 2.95. The zero-order chi connectivity index (χ0) is 17.5. The van der Waals surface area contributed by atoms with Gasteiger partial charge >= 0.3 is 0 Å². The zero-order valence-corrected chi connectivity index (χ0v) is 16.3. The van der Waals surface area contributed by atoms with Gasteiger partial charge in [0.15, 0.2) is 0 Å². The minimum Gasteiger partial charge on any atom is -0.381 e. The number of piperidine rings is 1. The highest BCUT2D eigenvalue weighted by atomic mass is 16.5. The number of hydrogen-bond acceptors (Lipinski definition) is 3. The lowest BCUT2D eigenvalue weighted by atomic mass is 9.94. The van der Waals surface area contributed by atoms with Gasteiger partial charge < -0.3 is 14.5 Å². The molecule has 3 rings (SSSR count). The molecule has 3 heteroatoms. The fourth-order valence-electron chi connectivity index (χ4n) is 4.48. The molecule has 3 nitrogen and oxygen atoms in total. The summed E-state index contributed by atoms with van der Waals surface area (Å²) in [6.07, 6.45) is 6.38. The number of aryl methyl sites for hydroxylation is 1. The van der Waals surface area contributed by atoms with Crippen LogP contribution in [0.5, 0.6) is 0 Å². The summed E-state index contributed by atoms with van der Waals surface area (Å²) in [4.78, 5) is 5.41. The van der Waals surface area contributed by atoms with Crippen LogP contribution in [0.1, 0.15) is 43.7 Å². The van der Waals surface area contributed by atoms with Gasteiger partial charge in [0.2, 0.25) is 0 Å². The van der Waals surface area contributed by atoms with Gasteiger partial charge in [-0.15, -0.1) is 0 Å². The molecule has 0 N–H and O–H groups in total. The predicted octanol–water partition coefficient (Wildman–Crippen LogP) is 3.75. The molecule has 1 aromatic rings. The lowest BCUT2D eigenvalue weighted by molar-refractivity contribution is 0.0253. The average Bonchev–Trinajstić information content (AvgIpc) is 2.67. The summed E-state index contributed by atoms with van der Waals surface area (Å²) in [6, 6.07) is 9.59. The molecule has 2 heterocycles. The van der Waals surface area contributed by atoms with Gasteiger partial charge in [-0.1, -0.05) is 31.2 Å². The Kier molecular flexibility index (Phi) is 7.33. The monoisotopic (exact) mass is 344 g/mol. The molecule has 0 amide bonds. The van der Waals surface area contributed by atoms with E-state index >= 15 is 0 Å². The van der Waals surface area contributed by atoms with Crippen LogP contribution in [0.15, 0.2) is 24.3 Å². The first-order valence-electron chi connectivity index (χ1n) is 10.3. The van der Waals surface area contributed by atoms with Crippen molar-refractivity contribution in [1.82, 2.24) is 9.80 Å². The van der Waals surface area contributed by atoms with Crippen molar-refractivity contribution in [3.05, 3.63) is 35.4 Å². The van der Waals surface area contributed by atoms with Crippen molar-refractivity contribution in [1.29, 1.82) is 0 Å². The SMILES string of the molecule is CCN(CC1CCN(CCc2ccccc2C)CC1)C1CCOCC1. The lowest BCUT2D eigenvalue weighted by Crippen LogP contribution is -2.44. The molecule has 1 aromatic carbocycles. The smallest absolute Gasteiger partial charge is 0.0480 e. The molecule has 25 heavy (non-hydrogen) atoms. The number of benzene rings is 1. The van der Waals surface area contributed by atoms with Crippen LogP contribution in [0.3, 0.4) is 0 Å². The summed E-state index contributed by atoms with van der Waals surface area (Å²) in [6.45, 7) is 12.7. The normalized spacial score (nSPS) is 21.1. The Morgan fingerprint density at radius 2 is 1.80 bits per heavy atom. The Bertz CT molecular complexity index is 505. The van der Waals surface area contributed by atoms with Gasteiger partial charge in [0, 0.05) is 32.3 Å². The van der Waals surface area contributed by atoms with E-state index in [1.165, 1.54) is 76.0 Å². The van der Waals surface area contributed by atoms with Crippen LogP contribution in [0.2, 0.25) is 0 Å². The fraction of sp³-hybridized carbons (Fsp3) is 0.727. The van der Waals surface area contributed by atoms with Crippen LogP contribution in [-0.2, 0) is 11.2 Å². The van der Waals surface area contributed by atoms with Crippen molar-refractivity contribution >= 4 is 0 Å². The topological polar surface area (TPSA) is 15.7 Å². The fourth-order valence-corrected chi connectivity index (χ4v) is 4.48. The predicted molar refractivity (Wildman–Crippen MR) is 105 cm³/mol. The van der Waals surface area contributed by atoms with Crippen molar-refractivity contribution in [3.63, 3.8) is 0 Å². The number of hydrogen-bond donors (Lipinski definition) is 0. The molecule has 0 unspecified atom stereocenters. The highest BCUT2D eigenvalue weighted by Crippen LogP contribution is 2.22. The number of rotatable bonds is 7. The zero-order valence-electron chi connectivity index (χ0n) is 16.3. The molecule has 0 aromatic heterocycles. The van der Waals surface area contributed by atoms with Gasteiger partial charge in [0.25, 0.3) is 0 Å². The maximum absolute atomic E-state index is 5.54. The Labute approximate surface area is 154 Å². The van der Waals surface area contributed by atoms with Gasteiger partial charge in [0.1, 0.15) is 0 Å². The first-order chi connectivity index (χ1) is 12.3. The molecule has 0 bridgehead atoms. The summed E-state index contributed by atoms with van der Waals surface area (Å²) in [5.74, 6) is 0.887. The minimum atomic E-state index is 0.762. The van der Waals surface area contributed by atoms with Crippen molar-refractivity contribution in [2.45, 2.75) is 52.0 Å². The first-order valence-corrected chi connectivity index (χ1v) is 10.3. The standard InChI is InChI=1S/C22H36N2O/c1-3-24(22-11-16-25-17-12-22)18-20-8-13-23(14-9-20)15-10-21-7-5-4-6-19(21)2/h4-7,20,22H,3,8-18H2,1-2H3. The van der Waals surface area contributed by atoms with E-state index in [1.54, 1.807) is 0 Å². The maximum atomic E-state index is 5.54. The molecule has 2 aliphatic heterocycles. The van der Waals surface area contributed by atoms with E-state index < -0.39 is 0 Å². The summed E-state index contributed by atoms with van der Waals surface area (Å²) in [5, 5.41) is 0. The molecule has 0 saturated carbocycles. The number of ether oxygens (including phenoxy) is 1. The Morgan fingerprint density at radius 3 is 2.48 bits per heavy atom. The second kappa shape index (κ2) is 9.70. The summed E-state index contributed by atoms with van der Waals surface area (Å²) >= 11 is 0. The molecule has 0 spiro atoms. The van der Waals surface area contributed by atoms with Gasteiger partial charge in [-0.3, -0.25) is 0 Å². The van der Waals surface area contributed by atoms with Crippen LogP contribution in [0.4, 0.5) is 0 Å². The molecular weight excluding hydrogens is 308 g/mol. The molecule has 140 valence electrons. The van der Waals surface area contributed by atoms with Crippen LogP contribution in [-0.4, -0.2) is 61.8 Å². The van der Waals surface area contributed by atoms with Gasteiger partial charge in [-0.25, -0.2) is 0 Å². The molecule has 0 aliphatic carbocycles. The average molecular weight is 345 g/mol. The first kappa shape index (κ1) is 18.9. The van der Waals surface area contributed by atoms with E-state index in [0.29, 0.717) is 0 Å². The van der Waals surface area contributed by atoms with E-state index in [9.17, 15) is 0 Å². The largest absolute Gasteiger partial charge is 0.381 e. The van der Waals surface area contributed by atoms with Crippen LogP contribution >= 0.6 is 0 Å². The second-order valence-electron chi connectivity index (χ2n) is 7.89. The van der Waals surface area contributed by atoms with Crippen LogP contribution < -0.4 is 0 Å². The van der Waals surface area contributed by atoms with E-state index in [2.05, 4.69) is 47.9 Å². The van der Waals surface area contributed by atoms with Crippen LogP contribution in [0.25, 0.3) is 0 Å². The second-order valence-corrected chi connectivity index (χ2v) is 7.89. The Balaban J connectivity index is 1.40. The third kappa shape index (κ3) is 5.54. The molecule has 2 fully saturated rings. The van der Waals surface area contributed by atoms with Crippen molar-refractivity contribution < 1.29 is 4.74 Å². The molecule has 0 atom stereocenters. The maximum Gasteiger partial charge on any atom is 0.0480 e. The van der Waals surface area contributed by atoms with Crippen molar-refractivity contribution in [3.8, 4) is 0 Å². The third-order valence-electron chi connectivity index (χ3n) is 6.27. The van der Waals surface area contributed by atoms with Crippen molar-refractivity contribution in [2.75, 3.05) is 45.9 Å². The van der Waals surface area contributed by atoms with E-state index in [-0.39, 0.29) is 0 Å². The molecule has 0 radical (unpaired) electrons. The van der Waals surface area contributed by atoms with E-state index in [4.69, 9.17) is 4.74 Å². The van der Waals surface area contributed by atoms with E-state index in [0.717, 1.165) is 25.2 Å². The molecule has 2 saturated heterocycles. The Hall–Kier alpha value is -0.900. The summed E-state index contributed by atoms with van der Waals surface area (Å²) in [7, 11) is 0.